The van der Waals surface area contributed by atoms with Gasteiger partial charge in [-0.15, -0.1) is 0 Å². The Kier molecular flexibility index (Phi) is 2.79. The Hall–Kier alpha value is -2.52. The van der Waals surface area contributed by atoms with Crippen LogP contribution in [-0.2, 0) is 0 Å². The summed E-state index contributed by atoms with van der Waals surface area (Å²) < 4.78 is 2.09. The van der Waals surface area contributed by atoms with Crippen LogP contribution in [0.2, 0.25) is 5.02 Å². The minimum absolute atomic E-state index is 0.735. The summed E-state index contributed by atoms with van der Waals surface area (Å²) in [5.41, 5.74) is 5.20. The Labute approximate surface area is 126 Å². The first-order valence-electron chi connectivity index (χ1n) is 6.59. The van der Waals surface area contributed by atoms with Crippen LogP contribution in [-0.4, -0.2) is 14.5 Å². The van der Waals surface area contributed by atoms with Gasteiger partial charge >= 0.3 is 0 Å². The van der Waals surface area contributed by atoms with Crippen molar-refractivity contribution >= 4 is 22.6 Å². The topological polar surface area (TPSA) is 33.6 Å². The van der Waals surface area contributed by atoms with Gasteiger partial charge in [-0.2, -0.15) is 0 Å². The Morgan fingerprint density at radius 2 is 1.95 bits per heavy atom. The SMILES string of the molecule is Clc1ccc(-c2c[c]cn2-c2ccc3[nH]cnc3c2)cc1. The van der Waals surface area contributed by atoms with Crippen LogP contribution in [0.1, 0.15) is 0 Å². The molecule has 1 N–H and O–H groups in total. The van der Waals surface area contributed by atoms with Crippen molar-refractivity contribution in [3.05, 3.63) is 72.1 Å². The molecule has 4 aromatic rings. The number of nitrogens with zero attached hydrogens (tertiary/aromatic N) is 2. The number of imidazole rings is 1. The molecule has 0 atom stereocenters. The van der Waals surface area contributed by atoms with Gasteiger partial charge in [-0.3, -0.25) is 0 Å². The van der Waals surface area contributed by atoms with Gasteiger partial charge in [0, 0.05) is 23.0 Å². The molecule has 4 heteroatoms. The molecule has 0 aliphatic rings. The molecule has 4 rings (SSSR count). The van der Waals surface area contributed by atoms with E-state index in [1.54, 1.807) is 6.33 Å². The van der Waals surface area contributed by atoms with E-state index < -0.39 is 0 Å². The Morgan fingerprint density at radius 3 is 2.81 bits per heavy atom. The summed E-state index contributed by atoms with van der Waals surface area (Å²) in [6, 6.07) is 19.1. The van der Waals surface area contributed by atoms with E-state index in [1.807, 2.05) is 42.6 Å². The lowest BCUT2D eigenvalue weighted by Crippen LogP contribution is -1.94. The molecule has 0 unspecified atom stereocenters. The molecule has 0 fully saturated rings. The Bertz CT molecular complexity index is 903. The monoisotopic (exact) mass is 292 g/mol. The zero-order chi connectivity index (χ0) is 14.2. The summed E-state index contributed by atoms with van der Waals surface area (Å²) in [7, 11) is 0. The van der Waals surface area contributed by atoms with E-state index in [0.29, 0.717) is 0 Å². The van der Waals surface area contributed by atoms with Crippen molar-refractivity contribution in [3.63, 3.8) is 0 Å². The predicted molar refractivity (Wildman–Crippen MR) is 84.7 cm³/mol. The predicted octanol–water partition coefficient (Wildman–Crippen LogP) is 4.47. The largest absolute Gasteiger partial charge is 0.345 e. The molecule has 0 aliphatic heterocycles. The summed E-state index contributed by atoms with van der Waals surface area (Å²) in [4.78, 5) is 7.41. The highest BCUT2D eigenvalue weighted by molar-refractivity contribution is 6.30. The van der Waals surface area contributed by atoms with Crippen molar-refractivity contribution in [2.75, 3.05) is 0 Å². The van der Waals surface area contributed by atoms with E-state index in [2.05, 4.69) is 32.7 Å². The summed E-state index contributed by atoms with van der Waals surface area (Å²) >= 11 is 5.96. The van der Waals surface area contributed by atoms with Crippen LogP contribution in [0.15, 0.2) is 61.1 Å². The molecule has 2 aromatic carbocycles. The molecule has 0 bridgehead atoms. The van der Waals surface area contributed by atoms with Crippen molar-refractivity contribution in [2.24, 2.45) is 0 Å². The molecule has 0 spiro atoms. The van der Waals surface area contributed by atoms with Crippen molar-refractivity contribution in [2.45, 2.75) is 0 Å². The van der Waals surface area contributed by atoms with Gasteiger partial charge in [-0.05, 0) is 42.0 Å². The minimum atomic E-state index is 0.735. The molecule has 0 amide bonds. The van der Waals surface area contributed by atoms with Crippen LogP contribution in [0.4, 0.5) is 0 Å². The lowest BCUT2D eigenvalue weighted by molar-refractivity contribution is 1.09. The van der Waals surface area contributed by atoms with Crippen LogP contribution >= 0.6 is 11.6 Å². The third-order valence-electron chi connectivity index (χ3n) is 3.51. The smallest absolute Gasteiger partial charge is 0.0931 e. The molecule has 21 heavy (non-hydrogen) atoms. The van der Waals surface area contributed by atoms with Crippen molar-refractivity contribution in [1.29, 1.82) is 0 Å². The van der Waals surface area contributed by atoms with Crippen LogP contribution in [0.5, 0.6) is 0 Å². The normalized spacial score (nSPS) is 11.1. The highest BCUT2D eigenvalue weighted by atomic mass is 35.5. The van der Waals surface area contributed by atoms with Gasteiger partial charge in [0.25, 0.3) is 0 Å². The van der Waals surface area contributed by atoms with Gasteiger partial charge < -0.3 is 9.55 Å². The van der Waals surface area contributed by atoms with Gasteiger partial charge in [-0.25, -0.2) is 4.98 Å². The van der Waals surface area contributed by atoms with Crippen LogP contribution in [0.3, 0.4) is 0 Å². The van der Waals surface area contributed by atoms with Crippen molar-refractivity contribution in [1.82, 2.24) is 14.5 Å². The fourth-order valence-corrected chi connectivity index (χ4v) is 2.58. The maximum absolute atomic E-state index is 5.96. The quantitative estimate of drug-likeness (QED) is 0.581. The van der Waals surface area contributed by atoms with E-state index in [9.17, 15) is 0 Å². The standard InChI is InChI=1S/C17H11ClN3/c18-13-5-3-12(4-6-13)17-2-1-9-21(17)14-7-8-15-16(10-14)20-11-19-15/h2-11H,(H,19,20). The molecule has 101 valence electrons. The first-order valence-corrected chi connectivity index (χ1v) is 6.97. The molecule has 0 saturated carbocycles. The van der Waals surface area contributed by atoms with E-state index in [-0.39, 0.29) is 0 Å². The molecule has 2 aromatic heterocycles. The summed E-state index contributed by atoms with van der Waals surface area (Å²) in [6.07, 6.45) is 3.63. The number of H-pyrrole nitrogens is 1. The second-order valence-corrected chi connectivity index (χ2v) is 5.24. The van der Waals surface area contributed by atoms with E-state index >= 15 is 0 Å². The van der Waals surface area contributed by atoms with Gasteiger partial charge in [0.15, 0.2) is 0 Å². The van der Waals surface area contributed by atoms with E-state index in [1.165, 1.54) is 0 Å². The zero-order valence-electron chi connectivity index (χ0n) is 11.0. The minimum Gasteiger partial charge on any atom is -0.345 e. The van der Waals surface area contributed by atoms with Crippen LogP contribution < -0.4 is 0 Å². The van der Waals surface area contributed by atoms with Gasteiger partial charge in [-0.1, -0.05) is 23.7 Å². The molecular formula is C17H11ClN3. The Morgan fingerprint density at radius 1 is 1.10 bits per heavy atom. The first-order chi connectivity index (χ1) is 10.3. The average molecular weight is 293 g/mol. The summed E-state index contributed by atoms with van der Waals surface area (Å²) in [5.74, 6) is 0. The average Bonchev–Trinajstić information content (AvgIpc) is 3.16. The maximum Gasteiger partial charge on any atom is 0.0931 e. The van der Waals surface area contributed by atoms with Crippen LogP contribution in [0.25, 0.3) is 28.0 Å². The maximum atomic E-state index is 5.96. The Balaban J connectivity index is 1.85. The molecular weight excluding hydrogens is 282 g/mol. The highest BCUT2D eigenvalue weighted by Crippen LogP contribution is 2.26. The first kappa shape index (κ1) is 12.2. The van der Waals surface area contributed by atoms with Gasteiger partial charge in [0.2, 0.25) is 0 Å². The number of aromatic nitrogens is 3. The number of rotatable bonds is 2. The second-order valence-electron chi connectivity index (χ2n) is 4.81. The van der Waals surface area contributed by atoms with Crippen molar-refractivity contribution < 1.29 is 0 Å². The lowest BCUT2D eigenvalue weighted by atomic mass is 10.1. The summed E-state index contributed by atoms with van der Waals surface area (Å²) in [5, 5.41) is 0.735. The van der Waals surface area contributed by atoms with Crippen molar-refractivity contribution in [3.8, 4) is 16.9 Å². The molecule has 2 heterocycles. The number of halogens is 1. The third-order valence-corrected chi connectivity index (χ3v) is 3.76. The number of hydrogen-bond donors (Lipinski definition) is 1. The molecule has 3 nitrogen and oxygen atoms in total. The fraction of sp³-hybridized carbons (Fsp3) is 0. The number of benzene rings is 2. The highest BCUT2D eigenvalue weighted by Gasteiger charge is 2.07. The number of nitrogens with one attached hydrogen (secondary N) is 1. The number of aromatic amines is 1. The molecule has 0 aliphatic carbocycles. The number of hydrogen-bond acceptors (Lipinski definition) is 1. The van der Waals surface area contributed by atoms with E-state index in [4.69, 9.17) is 11.6 Å². The lowest BCUT2D eigenvalue weighted by Gasteiger charge is -2.09. The van der Waals surface area contributed by atoms with Gasteiger partial charge in [0.05, 0.1) is 23.1 Å². The fourth-order valence-electron chi connectivity index (χ4n) is 2.46. The molecule has 0 saturated heterocycles. The third kappa shape index (κ3) is 2.12. The second kappa shape index (κ2) is 4.79. The number of fused-ring (bicyclic) bond motifs is 1. The summed E-state index contributed by atoms with van der Waals surface area (Å²) in [6.45, 7) is 0. The van der Waals surface area contributed by atoms with E-state index in [0.717, 1.165) is 33.0 Å². The zero-order valence-corrected chi connectivity index (χ0v) is 11.8. The van der Waals surface area contributed by atoms with Gasteiger partial charge in [0.1, 0.15) is 0 Å². The molecule has 1 radical (unpaired) electrons. The van der Waals surface area contributed by atoms with Crippen LogP contribution in [0, 0.1) is 6.07 Å².